The van der Waals surface area contributed by atoms with E-state index < -0.39 is 0 Å². The summed E-state index contributed by atoms with van der Waals surface area (Å²) in [6.45, 7) is 0. The highest BCUT2D eigenvalue weighted by atomic mass is 79.9. The molecular formula is C16H16BrNS. The molecule has 98 valence electrons. The second-order valence-electron chi connectivity index (χ2n) is 4.78. The molecule has 0 aromatic heterocycles. The quantitative estimate of drug-likeness (QED) is 0.768. The zero-order valence-electron chi connectivity index (χ0n) is 10.8. The van der Waals surface area contributed by atoms with Gasteiger partial charge in [-0.1, -0.05) is 34.1 Å². The van der Waals surface area contributed by atoms with Gasteiger partial charge in [-0.25, -0.2) is 0 Å². The molecule has 0 amide bonds. The van der Waals surface area contributed by atoms with Gasteiger partial charge in [0.1, 0.15) is 0 Å². The van der Waals surface area contributed by atoms with Crippen molar-refractivity contribution in [2.45, 2.75) is 23.8 Å². The number of nitrogens with one attached hydrogen (secondary N) is 1. The van der Waals surface area contributed by atoms with Crippen LogP contribution in [0.15, 0.2) is 51.8 Å². The molecule has 3 rings (SSSR count). The minimum Gasteiger partial charge on any atom is -0.377 e. The molecule has 2 aromatic carbocycles. The van der Waals surface area contributed by atoms with Crippen LogP contribution in [0.5, 0.6) is 0 Å². The summed E-state index contributed by atoms with van der Waals surface area (Å²) in [5.74, 6) is 0. The topological polar surface area (TPSA) is 12.0 Å². The molecule has 1 aliphatic rings. The largest absolute Gasteiger partial charge is 0.377 e. The third-order valence-corrected chi connectivity index (χ3v) is 4.91. The standard InChI is InChI=1S/C16H16BrNS/c1-19-16-5-3-2-4-15(16)18-14-9-6-11-10-12(17)7-8-13(11)14/h2-5,7-8,10,14,18H,6,9H2,1H3. The third-order valence-electron chi connectivity index (χ3n) is 3.62. The molecule has 0 spiro atoms. The van der Waals surface area contributed by atoms with Gasteiger partial charge in [-0.2, -0.15) is 0 Å². The zero-order valence-corrected chi connectivity index (χ0v) is 13.2. The summed E-state index contributed by atoms with van der Waals surface area (Å²) in [6.07, 6.45) is 4.46. The van der Waals surface area contributed by atoms with E-state index in [1.807, 2.05) is 0 Å². The van der Waals surface area contributed by atoms with E-state index >= 15 is 0 Å². The summed E-state index contributed by atoms with van der Waals surface area (Å²) >= 11 is 5.34. The van der Waals surface area contributed by atoms with Gasteiger partial charge in [0.05, 0.1) is 6.04 Å². The van der Waals surface area contributed by atoms with Crippen LogP contribution in [0.1, 0.15) is 23.6 Å². The van der Waals surface area contributed by atoms with E-state index in [4.69, 9.17) is 0 Å². The summed E-state index contributed by atoms with van der Waals surface area (Å²) in [6, 6.07) is 15.6. The molecule has 3 heteroatoms. The van der Waals surface area contributed by atoms with Crippen molar-refractivity contribution in [2.24, 2.45) is 0 Å². The lowest BCUT2D eigenvalue weighted by molar-refractivity contribution is 0.759. The second kappa shape index (κ2) is 5.59. The number of hydrogen-bond donors (Lipinski definition) is 1. The molecule has 1 nitrogen and oxygen atoms in total. The van der Waals surface area contributed by atoms with Gasteiger partial charge in [-0.3, -0.25) is 0 Å². The molecule has 0 aliphatic heterocycles. The van der Waals surface area contributed by atoms with E-state index in [0.717, 1.165) is 6.42 Å². The molecule has 1 N–H and O–H groups in total. The molecule has 1 unspecified atom stereocenters. The van der Waals surface area contributed by atoms with E-state index in [9.17, 15) is 0 Å². The van der Waals surface area contributed by atoms with Crippen LogP contribution in [0, 0.1) is 0 Å². The van der Waals surface area contributed by atoms with Crippen molar-refractivity contribution in [3.05, 3.63) is 58.1 Å². The van der Waals surface area contributed by atoms with Crippen LogP contribution >= 0.6 is 27.7 Å². The maximum atomic E-state index is 3.70. The van der Waals surface area contributed by atoms with Gasteiger partial charge in [-0.15, -0.1) is 11.8 Å². The number of hydrogen-bond acceptors (Lipinski definition) is 2. The maximum Gasteiger partial charge on any atom is 0.0520 e. The molecule has 2 aromatic rings. The van der Waals surface area contributed by atoms with Crippen LogP contribution in [-0.2, 0) is 6.42 Å². The smallest absolute Gasteiger partial charge is 0.0520 e. The Kier molecular flexibility index (Phi) is 3.85. The fourth-order valence-corrected chi connectivity index (χ4v) is 3.66. The van der Waals surface area contributed by atoms with Crippen molar-refractivity contribution < 1.29 is 0 Å². The van der Waals surface area contributed by atoms with Gasteiger partial charge in [0, 0.05) is 15.1 Å². The maximum absolute atomic E-state index is 3.70. The highest BCUT2D eigenvalue weighted by molar-refractivity contribution is 9.10. The lowest BCUT2D eigenvalue weighted by Gasteiger charge is -2.17. The number of fused-ring (bicyclic) bond motifs is 1. The number of anilines is 1. The van der Waals surface area contributed by atoms with Crippen molar-refractivity contribution in [3.63, 3.8) is 0 Å². The predicted molar refractivity (Wildman–Crippen MR) is 87.0 cm³/mol. The molecule has 0 heterocycles. The Bertz CT molecular complexity index is 597. The number of aryl methyl sites for hydroxylation is 1. The Labute approximate surface area is 126 Å². The average Bonchev–Trinajstić information content (AvgIpc) is 2.82. The Morgan fingerprint density at radius 3 is 2.89 bits per heavy atom. The number of para-hydroxylation sites is 1. The van der Waals surface area contributed by atoms with Crippen molar-refractivity contribution in [3.8, 4) is 0 Å². The lowest BCUT2D eigenvalue weighted by atomic mass is 10.1. The van der Waals surface area contributed by atoms with Crippen molar-refractivity contribution in [2.75, 3.05) is 11.6 Å². The molecule has 19 heavy (non-hydrogen) atoms. The summed E-state index contributed by atoms with van der Waals surface area (Å²) in [7, 11) is 0. The Morgan fingerprint density at radius 2 is 2.05 bits per heavy atom. The molecule has 1 aliphatic carbocycles. The van der Waals surface area contributed by atoms with E-state index in [0.29, 0.717) is 6.04 Å². The van der Waals surface area contributed by atoms with Crippen LogP contribution in [0.2, 0.25) is 0 Å². The fraction of sp³-hybridized carbons (Fsp3) is 0.250. The monoisotopic (exact) mass is 333 g/mol. The van der Waals surface area contributed by atoms with Gasteiger partial charge in [0.25, 0.3) is 0 Å². The van der Waals surface area contributed by atoms with Gasteiger partial charge < -0.3 is 5.32 Å². The first-order valence-corrected chi connectivity index (χ1v) is 8.47. The number of rotatable bonds is 3. The first-order valence-electron chi connectivity index (χ1n) is 6.46. The Balaban J connectivity index is 1.87. The van der Waals surface area contributed by atoms with Crippen molar-refractivity contribution >= 4 is 33.4 Å². The van der Waals surface area contributed by atoms with Crippen LogP contribution < -0.4 is 5.32 Å². The fourth-order valence-electron chi connectivity index (χ4n) is 2.69. The lowest BCUT2D eigenvalue weighted by Crippen LogP contribution is -2.07. The summed E-state index contributed by atoms with van der Waals surface area (Å²) in [5, 5.41) is 3.70. The number of halogens is 1. The highest BCUT2D eigenvalue weighted by Gasteiger charge is 2.22. The van der Waals surface area contributed by atoms with Crippen LogP contribution in [0.4, 0.5) is 5.69 Å². The molecule has 0 bridgehead atoms. The molecular weight excluding hydrogens is 318 g/mol. The van der Waals surface area contributed by atoms with Crippen LogP contribution in [0.3, 0.4) is 0 Å². The number of thioether (sulfide) groups is 1. The summed E-state index contributed by atoms with van der Waals surface area (Å²) in [5.41, 5.74) is 4.16. The first-order chi connectivity index (χ1) is 9.28. The SMILES string of the molecule is CSc1ccccc1NC1CCc2cc(Br)ccc21. The van der Waals surface area contributed by atoms with E-state index in [1.165, 1.54) is 32.6 Å². The van der Waals surface area contributed by atoms with Crippen molar-refractivity contribution in [1.29, 1.82) is 0 Å². The highest BCUT2D eigenvalue weighted by Crippen LogP contribution is 2.37. The normalized spacial score (nSPS) is 17.3. The van der Waals surface area contributed by atoms with Gasteiger partial charge in [0.2, 0.25) is 0 Å². The third kappa shape index (κ3) is 2.67. The number of benzene rings is 2. The van der Waals surface area contributed by atoms with E-state index in [2.05, 4.69) is 70.0 Å². The summed E-state index contributed by atoms with van der Waals surface area (Å²) in [4.78, 5) is 1.31. The minimum atomic E-state index is 0.441. The average molecular weight is 334 g/mol. The molecule has 0 saturated heterocycles. The van der Waals surface area contributed by atoms with Crippen molar-refractivity contribution in [1.82, 2.24) is 0 Å². The van der Waals surface area contributed by atoms with E-state index in [-0.39, 0.29) is 0 Å². The molecule has 0 radical (unpaired) electrons. The molecule has 1 atom stereocenters. The Morgan fingerprint density at radius 1 is 1.21 bits per heavy atom. The van der Waals surface area contributed by atoms with Gasteiger partial charge in [0.15, 0.2) is 0 Å². The second-order valence-corrected chi connectivity index (χ2v) is 6.54. The Hall–Kier alpha value is -0.930. The first kappa shape index (κ1) is 13.1. The minimum absolute atomic E-state index is 0.441. The summed E-state index contributed by atoms with van der Waals surface area (Å²) < 4.78 is 1.18. The van der Waals surface area contributed by atoms with Crippen LogP contribution in [0.25, 0.3) is 0 Å². The molecule has 0 fully saturated rings. The van der Waals surface area contributed by atoms with Gasteiger partial charge >= 0.3 is 0 Å². The molecule has 0 saturated carbocycles. The predicted octanol–water partition coefficient (Wildman–Crippen LogP) is 5.27. The van der Waals surface area contributed by atoms with Gasteiger partial charge in [-0.05, 0) is 54.5 Å². The van der Waals surface area contributed by atoms with E-state index in [1.54, 1.807) is 11.8 Å². The van der Waals surface area contributed by atoms with Crippen LogP contribution in [-0.4, -0.2) is 6.26 Å². The zero-order chi connectivity index (χ0) is 13.2.